The third-order valence-electron chi connectivity index (χ3n) is 4.76. The summed E-state index contributed by atoms with van der Waals surface area (Å²) in [5.74, 6) is 0.563. The monoisotopic (exact) mass is 373 g/mol. The van der Waals surface area contributed by atoms with Gasteiger partial charge in [0, 0.05) is 31.7 Å². The summed E-state index contributed by atoms with van der Waals surface area (Å²) in [5.41, 5.74) is 1.78. The van der Waals surface area contributed by atoms with E-state index in [0.717, 1.165) is 56.0 Å². The molecule has 3 rings (SSSR count). The normalized spacial score (nSPS) is 20.5. The molecule has 1 aromatic carbocycles. The van der Waals surface area contributed by atoms with E-state index in [-0.39, 0.29) is 11.9 Å². The predicted octanol–water partition coefficient (Wildman–Crippen LogP) is 2.41. The number of hydrogen-bond acceptors (Lipinski definition) is 3. The minimum atomic E-state index is -0.253. The first-order valence-electron chi connectivity index (χ1n) is 9.67. The lowest BCUT2D eigenvalue weighted by Crippen LogP contribution is -2.45. The lowest BCUT2D eigenvalue weighted by atomic mass is 9.93. The van der Waals surface area contributed by atoms with Crippen LogP contribution in [0.25, 0.3) is 5.69 Å². The fourth-order valence-corrected chi connectivity index (χ4v) is 3.25. The van der Waals surface area contributed by atoms with Crippen molar-refractivity contribution >= 4 is 5.96 Å². The third kappa shape index (κ3) is 5.79. The molecule has 2 aromatic rings. The lowest BCUT2D eigenvalue weighted by molar-refractivity contribution is 0.120. The van der Waals surface area contributed by atoms with E-state index < -0.39 is 0 Å². The van der Waals surface area contributed by atoms with Crippen LogP contribution in [-0.4, -0.2) is 46.1 Å². The number of rotatable bonds is 6. The standard InChI is InChI=1S/C20H28FN5O/c1-2-22-20(24-16-5-9-19(27)10-6-16)23-13-11-17-12-14-26(25-17)18-7-3-15(21)4-8-18/h3-4,7-8,12,14,16,19,27H,2,5-6,9-11,13H2,1H3,(H2,22,23,24). The Morgan fingerprint density at radius 2 is 1.96 bits per heavy atom. The number of halogens is 1. The van der Waals surface area contributed by atoms with Gasteiger partial charge in [0.2, 0.25) is 0 Å². The van der Waals surface area contributed by atoms with Crippen LogP contribution in [0, 0.1) is 5.82 Å². The molecule has 0 radical (unpaired) electrons. The molecule has 0 bridgehead atoms. The van der Waals surface area contributed by atoms with Crippen LogP contribution in [0.2, 0.25) is 0 Å². The zero-order chi connectivity index (χ0) is 19.1. The summed E-state index contributed by atoms with van der Waals surface area (Å²) in [4.78, 5) is 4.65. The number of nitrogens with zero attached hydrogens (tertiary/aromatic N) is 3. The molecule has 27 heavy (non-hydrogen) atoms. The van der Waals surface area contributed by atoms with E-state index in [2.05, 4.69) is 20.7 Å². The zero-order valence-electron chi connectivity index (χ0n) is 15.7. The van der Waals surface area contributed by atoms with Crippen molar-refractivity contribution in [2.24, 2.45) is 4.99 Å². The first-order valence-corrected chi connectivity index (χ1v) is 9.67. The highest BCUT2D eigenvalue weighted by Crippen LogP contribution is 2.18. The van der Waals surface area contributed by atoms with Crippen molar-refractivity contribution in [2.75, 3.05) is 13.1 Å². The fourth-order valence-electron chi connectivity index (χ4n) is 3.25. The number of guanidine groups is 1. The summed E-state index contributed by atoms with van der Waals surface area (Å²) in [7, 11) is 0. The Kier molecular flexibility index (Phi) is 6.81. The van der Waals surface area contributed by atoms with E-state index in [1.807, 2.05) is 19.2 Å². The molecule has 3 N–H and O–H groups in total. The quantitative estimate of drug-likeness (QED) is 0.537. The highest BCUT2D eigenvalue weighted by molar-refractivity contribution is 5.80. The van der Waals surface area contributed by atoms with E-state index in [0.29, 0.717) is 12.6 Å². The second kappa shape index (κ2) is 9.50. The van der Waals surface area contributed by atoms with E-state index in [1.54, 1.807) is 16.8 Å². The van der Waals surface area contributed by atoms with Crippen molar-refractivity contribution in [1.29, 1.82) is 0 Å². The highest BCUT2D eigenvalue weighted by atomic mass is 19.1. The molecule has 0 spiro atoms. The van der Waals surface area contributed by atoms with Crippen LogP contribution >= 0.6 is 0 Å². The Morgan fingerprint density at radius 1 is 1.22 bits per heavy atom. The first kappa shape index (κ1) is 19.4. The van der Waals surface area contributed by atoms with Gasteiger partial charge in [-0.3, -0.25) is 4.99 Å². The highest BCUT2D eigenvalue weighted by Gasteiger charge is 2.19. The topological polar surface area (TPSA) is 74.5 Å². The van der Waals surface area contributed by atoms with Crippen molar-refractivity contribution in [3.05, 3.63) is 48.0 Å². The van der Waals surface area contributed by atoms with Gasteiger partial charge in [-0.05, 0) is 62.9 Å². The summed E-state index contributed by atoms with van der Waals surface area (Å²) < 4.78 is 14.8. The molecule has 1 aliphatic carbocycles. The number of aliphatic imine (C=N–C) groups is 1. The van der Waals surface area contributed by atoms with Crippen LogP contribution in [0.3, 0.4) is 0 Å². The first-order chi connectivity index (χ1) is 13.1. The number of hydrogen-bond donors (Lipinski definition) is 3. The van der Waals surface area contributed by atoms with Gasteiger partial charge in [0.25, 0.3) is 0 Å². The van der Waals surface area contributed by atoms with E-state index >= 15 is 0 Å². The molecular formula is C20H28FN5O. The lowest BCUT2D eigenvalue weighted by Gasteiger charge is -2.27. The number of benzene rings is 1. The number of aliphatic hydroxyl groups excluding tert-OH is 1. The van der Waals surface area contributed by atoms with Gasteiger partial charge >= 0.3 is 0 Å². The van der Waals surface area contributed by atoms with Gasteiger partial charge in [0.15, 0.2) is 5.96 Å². The zero-order valence-corrected chi connectivity index (χ0v) is 15.7. The van der Waals surface area contributed by atoms with Crippen molar-refractivity contribution in [2.45, 2.75) is 51.2 Å². The molecule has 1 heterocycles. The van der Waals surface area contributed by atoms with E-state index in [1.165, 1.54) is 12.1 Å². The Labute approximate surface area is 159 Å². The molecule has 146 valence electrons. The maximum Gasteiger partial charge on any atom is 0.191 e. The molecule has 1 aliphatic rings. The molecule has 7 heteroatoms. The van der Waals surface area contributed by atoms with E-state index in [9.17, 15) is 9.50 Å². The number of aliphatic hydroxyl groups is 1. The largest absolute Gasteiger partial charge is 0.393 e. The minimum Gasteiger partial charge on any atom is -0.393 e. The molecule has 0 atom stereocenters. The molecule has 0 aliphatic heterocycles. The second-order valence-corrected chi connectivity index (χ2v) is 6.89. The Bertz CT molecular complexity index is 735. The van der Waals surface area contributed by atoms with Gasteiger partial charge in [-0.2, -0.15) is 5.10 Å². The van der Waals surface area contributed by atoms with Gasteiger partial charge in [-0.25, -0.2) is 9.07 Å². The number of nitrogens with one attached hydrogen (secondary N) is 2. The van der Waals surface area contributed by atoms with Gasteiger partial charge < -0.3 is 15.7 Å². The van der Waals surface area contributed by atoms with Crippen molar-refractivity contribution in [3.63, 3.8) is 0 Å². The van der Waals surface area contributed by atoms with Crippen molar-refractivity contribution < 1.29 is 9.50 Å². The third-order valence-corrected chi connectivity index (χ3v) is 4.76. The van der Waals surface area contributed by atoms with Gasteiger partial charge in [0.1, 0.15) is 5.82 Å². The Balaban J connectivity index is 1.53. The minimum absolute atomic E-state index is 0.154. The van der Waals surface area contributed by atoms with Crippen LogP contribution in [0.5, 0.6) is 0 Å². The van der Waals surface area contributed by atoms with Crippen LogP contribution in [0.4, 0.5) is 4.39 Å². The van der Waals surface area contributed by atoms with Gasteiger partial charge in [0.05, 0.1) is 17.5 Å². The summed E-state index contributed by atoms with van der Waals surface area (Å²) in [6.45, 7) is 3.48. The maximum absolute atomic E-state index is 13.0. The Hall–Kier alpha value is -2.41. The van der Waals surface area contributed by atoms with E-state index in [4.69, 9.17) is 0 Å². The van der Waals surface area contributed by atoms with Gasteiger partial charge in [-0.1, -0.05) is 0 Å². The van der Waals surface area contributed by atoms with Crippen LogP contribution in [0.15, 0.2) is 41.5 Å². The summed E-state index contributed by atoms with van der Waals surface area (Å²) in [6, 6.07) is 8.60. The average Bonchev–Trinajstić information content (AvgIpc) is 3.13. The summed E-state index contributed by atoms with van der Waals surface area (Å²) in [5, 5.41) is 20.9. The van der Waals surface area contributed by atoms with Crippen LogP contribution in [0.1, 0.15) is 38.3 Å². The molecule has 1 fully saturated rings. The van der Waals surface area contributed by atoms with Crippen molar-refractivity contribution in [3.8, 4) is 5.69 Å². The molecule has 0 unspecified atom stereocenters. The number of aromatic nitrogens is 2. The summed E-state index contributed by atoms with van der Waals surface area (Å²) in [6.07, 6.45) is 6.08. The van der Waals surface area contributed by atoms with Crippen molar-refractivity contribution in [1.82, 2.24) is 20.4 Å². The smallest absolute Gasteiger partial charge is 0.191 e. The molecule has 1 saturated carbocycles. The fraction of sp³-hybridized carbons (Fsp3) is 0.500. The second-order valence-electron chi connectivity index (χ2n) is 6.89. The molecule has 0 amide bonds. The SMILES string of the molecule is CCNC(=NCCc1ccn(-c2ccc(F)cc2)n1)NC1CCC(O)CC1. The van der Waals surface area contributed by atoms with Crippen LogP contribution in [-0.2, 0) is 6.42 Å². The van der Waals surface area contributed by atoms with Crippen LogP contribution < -0.4 is 10.6 Å². The molecule has 0 saturated heterocycles. The maximum atomic E-state index is 13.0. The average molecular weight is 373 g/mol. The van der Waals surface area contributed by atoms with Gasteiger partial charge in [-0.15, -0.1) is 0 Å². The molecular weight excluding hydrogens is 345 g/mol. The Morgan fingerprint density at radius 3 is 2.67 bits per heavy atom. The molecule has 6 nitrogen and oxygen atoms in total. The predicted molar refractivity (Wildman–Crippen MR) is 105 cm³/mol. The summed E-state index contributed by atoms with van der Waals surface area (Å²) >= 11 is 0. The molecule has 1 aromatic heterocycles.